The van der Waals surface area contributed by atoms with Gasteiger partial charge in [-0.05, 0) is 27.7 Å². The molecule has 0 saturated carbocycles. The molecule has 0 aromatic carbocycles. The minimum absolute atomic E-state index is 0.153. The van der Waals surface area contributed by atoms with Crippen LogP contribution in [0.2, 0.25) is 0 Å². The zero-order valence-corrected chi connectivity index (χ0v) is 10.6. The second kappa shape index (κ2) is 6.18. The second-order valence-corrected chi connectivity index (χ2v) is 5.20. The summed E-state index contributed by atoms with van der Waals surface area (Å²) in [5, 5.41) is 8.86. The number of hydrogen-bond acceptors (Lipinski definition) is 5. The second-order valence-electron chi connectivity index (χ2n) is 5.20. The largest absolute Gasteiger partial charge is 0.460 e. The number of carbonyl (C=O) groups excluding carboxylic acids is 1. The zero-order valence-electron chi connectivity index (χ0n) is 10.6. The van der Waals surface area contributed by atoms with Crippen LogP contribution in [0.3, 0.4) is 0 Å². The highest BCUT2D eigenvalue weighted by Crippen LogP contribution is 2.08. The maximum Gasteiger partial charge on any atom is 0.308 e. The number of nitrogens with two attached hydrogens (primary N) is 1. The van der Waals surface area contributed by atoms with E-state index in [1.54, 1.807) is 6.92 Å². The first-order valence-electron chi connectivity index (χ1n) is 5.36. The monoisotopic (exact) mass is 233 g/mol. The van der Waals surface area contributed by atoms with Crippen molar-refractivity contribution in [2.75, 3.05) is 19.8 Å². The lowest BCUT2D eigenvalue weighted by Gasteiger charge is -2.22. The normalized spacial score (nSPS) is 15.6. The number of aliphatic hydroxyl groups is 1. The Labute approximate surface area is 96.9 Å². The van der Waals surface area contributed by atoms with Crippen molar-refractivity contribution < 1.29 is 19.4 Å². The molecular weight excluding hydrogens is 210 g/mol. The van der Waals surface area contributed by atoms with Gasteiger partial charge in [0.1, 0.15) is 5.60 Å². The molecule has 0 fully saturated rings. The van der Waals surface area contributed by atoms with E-state index in [0.29, 0.717) is 0 Å². The Hall–Kier alpha value is -0.650. The standard InChI is InChI=1S/C11H23NO4/c1-10(2,3)16-9(14)5-6-15-8-11(4,12)7-13/h13H,5-8,12H2,1-4H3. The van der Waals surface area contributed by atoms with E-state index in [2.05, 4.69) is 0 Å². The van der Waals surface area contributed by atoms with Crippen molar-refractivity contribution in [3.63, 3.8) is 0 Å². The van der Waals surface area contributed by atoms with E-state index in [9.17, 15) is 4.79 Å². The molecule has 1 unspecified atom stereocenters. The van der Waals surface area contributed by atoms with Crippen molar-refractivity contribution >= 4 is 5.97 Å². The fourth-order valence-corrected chi connectivity index (χ4v) is 0.899. The van der Waals surface area contributed by atoms with Crippen LogP contribution in [-0.2, 0) is 14.3 Å². The van der Waals surface area contributed by atoms with Crippen LogP contribution in [0.4, 0.5) is 0 Å². The van der Waals surface area contributed by atoms with Crippen LogP contribution < -0.4 is 5.73 Å². The molecule has 0 amide bonds. The summed E-state index contributed by atoms with van der Waals surface area (Å²) in [6.07, 6.45) is 0.193. The molecule has 0 aromatic heterocycles. The van der Waals surface area contributed by atoms with Crippen molar-refractivity contribution in [1.29, 1.82) is 0 Å². The van der Waals surface area contributed by atoms with Crippen LogP contribution in [0, 0.1) is 0 Å². The SMILES string of the molecule is CC(N)(CO)COCCC(=O)OC(C)(C)C. The summed E-state index contributed by atoms with van der Waals surface area (Å²) in [5.41, 5.74) is 4.42. The fraction of sp³-hybridized carbons (Fsp3) is 0.909. The predicted octanol–water partition coefficient (Wildman–Crippen LogP) is 0.444. The molecule has 0 rings (SSSR count). The Kier molecular flexibility index (Phi) is 5.92. The average Bonchev–Trinajstić information content (AvgIpc) is 2.10. The molecule has 0 aliphatic rings. The molecule has 96 valence electrons. The van der Waals surface area contributed by atoms with Gasteiger partial charge >= 0.3 is 5.97 Å². The van der Waals surface area contributed by atoms with E-state index in [-0.39, 0.29) is 32.2 Å². The smallest absolute Gasteiger partial charge is 0.308 e. The summed E-state index contributed by atoms with van der Waals surface area (Å²) in [6.45, 7) is 7.44. The van der Waals surface area contributed by atoms with Gasteiger partial charge in [0, 0.05) is 0 Å². The number of esters is 1. The van der Waals surface area contributed by atoms with Crippen LogP contribution in [0.1, 0.15) is 34.1 Å². The lowest BCUT2D eigenvalue weighted by molar-refractivity contribution is -0.156. The first-order chi connectivity index (χ1) is 7.16. The van der Waals surface area contributed by atoms with E-state index in [0.717, 1.165) is 0 Å². The van der Waals surface area contributed by atoms with Crippen LogP contribution in [0.15, 0.2) is 0 Å². The third-order valence-electron chi connectivity index (χ3n) is 1.66. The van der Waals surface area contributed by atoms with Crippen LogP contribution in [0.25, 0.3) is 0 Å². The van der Waals surface area contributed by atoms with Crippen LogP contribution in [0.5, 0.6) is 0 Å². The molecule has 0 radical (unpaired) electrons. The summed E-state index contributed by atoms with van der Waals surface area (Å²) >= 11 is 0. The summed E-state index contributed by atoms with van der Waals surface area (Å²) in [6, 6.07) is 0. The number of rotatable bonds is 6. The zero-order chi connectivity index (χ0) is 12.8. The molecule has 0 aliphatic carbocycles. The summed E-state index contributed by atoms with van der Waals surface area (Å²) in [7, 11) is 0. The van der Waals surface area contributed by atoms with Crippen LogP contribution >= 0.6 is 0 Å². The van der Waals surface area contributed by atoms with Gasteiger partial charge in [-0.15, -0.1) is 0 Å². The van der Waals surface area contributed by atoms with Crippen molar-refractivity contribution in [3.05, 3.63) is 0 Å². The number of hydrogen-bond donors (Lipinski definition) is 2. The number of aliphatic hydroxyl groups excluding tert-OH is 1. The van der Waals surface area contributed by atoms with Gasteiger partial charge in [-0.2, -0.15) is 0 Å². The van der Waals surface area contributed by atoms with Gasteiger partial charge in [0.15, 0.2) is 0 Å². The Morgan fingerprint density at radius 2 is 1.88 bits per heavy atom. The Morgan fingerprint density at radius 1 is 1.31 bits per heavy atom. The predicted molar refractivity (Wildman–Crippen MR) is 61.0 cm³/mol. The molecule has 0 aliphatic heterocycles. The molecule has 0 saturated heterocycles. The van der Waals surface area contributed by atoms with Gasteiger partial charge in [0.05, 0.1) is 31.8 Å². The van der Waals surface area contributed by atoms with Crippen molar-refractivity contribution in [1.82, 2.24) is 0 Å². The van der Waals surface area contributed by atoms with Crippen molar-refractivity contribution in [2.45, 2.75) is 45.3 Å². The quantitative estimate of drug-likeness (QED) is 0.514. The number of carbonyl (C=O) groups is 1. The van der Waals surface area contributed by atoms with E-state index in [1.807, 2.05) is 20.8 Å². The first kappa shape index (κ1) is 15.3. The molecule has 5 heteroatoms. The van der Waals surface area contributed by atoms with E-state index < -0.39 is 11.1 Å². The van der Waals surface area contributed by atoms with Gasteiger partial charge in [-0.25, -0.2) is 0 Å². The minimum Gasteiger partial charge on any atom is -0.460 e. The fourth-order valence-electron chi connectivity index (χ4n) is 0.899. The Balaban J connectivity index is 3.64. The lowest BCUT2D eigenvalue weighted by Crippen LogP contribution is -2.45. The van der Waals surface area contributed by atoms with Crippen molar-refractivity contribution in [3.8, 4) is 0 Å². The van der Waals surface area contributed by atoms with Gasteiger partial charge in [0.2, 0.25) is 0 Å². The van der Waals surface area contributed by atoms with E-state index in [1.165, 1.54) is 0 Å². The molecule has 16 heavy (non-hydrogen) atoms. The van der Waals surface area contributed by atoms with Crippen LogP contribution in [-0.4, -0.2) is 42.0 Å². The van der Waals surface area contributed by atoms with Gasteiger partial charge in [0.25, 0.3) is 0 Å². The van der Waals surface area contributed by atoms with E-state index in [4.69, 9.17) is 20.3 Å². The molecule has 5 nitrogen and oxygen atoms in total. The maximum atomic E-state index is 11.3. The molecule has 1 atom stereocenters. The molecule has 0 bridgehead atoms. The average molecular weight is 233 g/mol. The van der Waals surface area contributed by atoms with Gasteiger partial charge in [-0.1, -0.05) is 0 Å². The molecular formula is C11H23NO4. The maximum absolute atomic E-state index is 11.3. The highest BCUT2D eigenvalue weighted by molar-refractivity contribution is 5.69. The van der Waals surface area contributed by atoms with Gasteiger partial charge in [-0.3, -0.25) is 4.79 Å². The summed E-state index contributed by atoms with van der Waals surface area (Å²) in [4.78, 5) is 11.3. The number of ether oxygens (including phenoxy) is 2. The van der Waals surface area contributed by atoms with E-state index >= 15 is 0 Å². The third-order valence-corrected chi connectivity index (χ3v) is 1.66. The topological polar surface area (TPSA) is 81.8 Å². The highest BCUT2D eigenvalue weighted by atomic mass is 16.6. The first-order valence-corrected chi connectivity index (χ1v) is 5.36. The molecule has 0 aromatic rings. The lowest BCUT2D eigenvalue weighted by atomic mass is 10.1. The minimum atomic E-state index is -0.756. The molecule has 0 spiro atoms. The molecule has 3 N–H and O–H groups in total. The summed E-state index contributed by atoms with van der Waals surface area (Å²) < 4.78 is 10.3. The third kappa shape index (κ3) is 8.64. The summed E-state index contributed by atoms with van der Waals surface area (Å²) in [5.74, 6) is -0.296. The Bertz CT molecular complexity index is 221. The van der Waals surface area contributed by atoms with Gasteiger partial charge < -0.3 is 20.3 Å². The molecule has 0 heterocycles. The van der Waals surface area contributed by atoms with Crippen molar-refractivity contribution in [2.24, 2.45) is 5.73 Å². The highest BCUT2D eigenvalue weighted by Gasteiger charge is 2.18. The Morgan fingerprint density at radius 3 is 2.31 bits per heavy atom.